The van der Waals surface area contributed by atoms with E-state index < -0.39 is 17.8 Å². The van der Waals surface area contributed by atoms with E-state index in [1.807, 2.05) is 0 Å². The monoisotopic (exact) mass is 270 g/mol. The van der Waals surface area contributed by atoms with Gasteiger partial charge in [-0.1, -0.05) is 0 Å². The van der Waals surface area contributed by atoms with Gasteiger partial charge < -0.3 is 9.73 Å². The first kappa shape index (κ1) is 13.6. The summed E-state index contributed by atoms with van der Waals surface area (Å²) >= 11 is 0. The number of pyridine rings is 1. The molecule has 2 aromatic heterocycles. The fraction of sp³-hybridized carbons (Fsp3) is 0.308. The molecule has 6 heteroatoms. The van der Waals surface area contributed by atoms with E-state index in [-0.39, 0.29) is 5.56 Å². The molecular weight excluding hydrogens is 257 g/mol. The molecule has 2 rings (SSSR count). The summed E-state index contributed by atoms with van der Waals surface area (Å²) in [6, 6.07) is 2.00. The highest BCUT2D eigenvalue weighted by molar-refractivity contribution is 5.36. The quantitative estimate of drug-likeness (QED) is 0.929. The lowest BCUT2D eigenvalue weighted by Crippen LogP contribution is -2.22. The Morgan fingerprint density at radius 2 is 2.05 bits per heavy atom. The molecule has 0 aliphatic rings. The minimum absolute atomic E-state index is 0.0514. The molecule has 0 saturated heterocycles. The molecule has 1 unspecified atom stereocenters. The fourth-order valence-electron chi connectivity index (χ4n) is 2.00. The molecule has 0 aliphatic carbocycles. The van der Waals surface area contributed by atoms with Crippen molar-refractivity contribution < 1.29 is 17.6 Å². The molecule has 1 N–H and O–H groups in total. The minimum atomic E-state index is -4.42. The molecule has 0 aliphatic heterocycles. The molecule has 2 heterocycles. The Kier molecular flexibility index (Phi) is 3.61. The number of halogens is 3. The number of nitrogens with one attached hydrogen (secondary N) is 1. The molecule has 1 atom stereocenters. The van der Waals surface area contributed by atoms with Gasteiger partial charge in [-0.15, -0.1) is 0 Å². The molecule has 19 heavy (non-hydrogen) atoms. The van der Waals surface area contributed by atoms with E-state index in [2.05, 4.69) is 10.3 Å². The van der Waals surface area contributed by atoms with E-state index in [1.54, 1.807) is 20.0 Å². The molecule has 0 saturated carbocycles. The van der Waals surface area contributed by atoms with Crippen LogP contribution in [0.5, 0.6) is 0 Å². The van der Waals surface area contributed by atoms with Gasteiger partial charge in [-0.05, 0) is 31.7 Å². The van der Waals surface area contributed by atoms with Crippen molar-refractivity contribution in [3.8, 4) is 0 Å². The topological polar surface area (TPSA) is 38.1 Å². The molecule has 2 aromatic rings. The molecule has 102 valence electrons. The second-order valence-electron chi connectivity index (χ2n) is 4.15. The second-order valence-corrected chi connectivity index (χ2v) is 4.15. The van der Waals surface area contributed by atoms with Crippen molar-refractivity contribution in [3.05, 3.63) is 53.2 Å². The van der Waals surface area contributed by atoms with Gasteiger partial charge >= 0.3 is 6.18 Å². The summed E-state index contributed by atoms with van der Waals surface area (Å²) < 4.78 is 44.3. The van der Waals surface area contributed by atoms with Crippen molar-refractivity contribution in [2.45, 2.75) is 19.1 Å². The van der Waals surface area contributed by atoms with Gasteiger partial charge in [0.2, 0.25) is 0 Å². The average molecular weight is 270 g/mol. The maximum absolute atomic E-state index is 13.0. The summed E-state index contributed by atoms with van der Waals surface area (Å²) in [5, 5.41) is 2.84. The van der Waals surface area contributed by atoms with Crippen LogP contribution in [0.2, 0.25) is 0 Å². The third-order valence-corrected chi connectivity index (χ3v) is 2.92. The van der Waals surface area contributed by atoms with Crippen LogP contribution in [0.1, 0.15) is 28.5 Å². The Morgan fingerprint density at radius 1 is 1.32 bits per heavy atom. The minimum Gasteiger partial charge on any atom is -0.467 e. The van der Waals surface area contributed by atoms with Gasteiger partial charge in [-0.25, -0.2) is 0 Å². The van der Waals surface area contributed by atoms with E-state index in [0.29, 0.717) is 5.76 Å². The van der Waals surface area contributed by atoms with Gasteiger partial charge in [0.15, 0.2) is 0 Å². The van der Waals surface area contributed by atoms with Crippen LogP contribution in [0.4, 0.5) is 13.2 Å². The van der Waals surface area contributed by atoms with E-state index in [4.69, 9.17) is 4.42 Å². The second kappa shape index (κ2) is 5.05. The first-order valence-corrected chi connectivity index (χ1v) is 5.67. The third kappa shape index (κ3) is 2.63. The highest BCUT2D eigenvalue weighted by Crippen LogP contribution is 2.36. The molecule has 0 spiro atoms. The van der Waals surface area contributed by atoms with Crippen LogP contribution >= 0.6 is 0 Å². The molecule has 0 bridgehead atoms. The van der Waals surface area contributed by atoms with Crippen LogP contribution in [0.3, 0.4) is 0 Å². The number of hydrogen-bond donors (Lipinski definition) is 1. The van der Waals surface area contributed by atoms with Crippen LogP contribution in [-0.2, 0) is 6.18 Å². The van der Waals surface area contributed by atoms with Crippen molar-refractivity contribution in [1.29, 1.82) is 0 Å². The maximum atomic E-state index is 13.0. The Balaban J connectivity index is 2.54. The predicted octanol–water partition coefficient (Wildman–Crippen LogP) is 3.31. The van der Waals surface area contributed by atoms with Gasteiger partial charge in [0.1, 0.15) is 5.76 Å². The largest absolute Gasteiger partial charge is 0.467 e. The van der Waals surface area contributed by atoms with E-state index in [0.717, 1.165) is 17.8 Å². The summed E-state index contributed by atoms with van der Waals surface area (Å²) in [7, 11) is 1.58. The molecule has 0 fully saturated rings. The molecule has 0 radical (unpaired) electrons. The highest BCUT2D eigenvalue weighted by atomic mass is 19.4. The molecule has 3 nitrogen and oxygen atoms in total. The summed E-state index contributed by atoms with van der Waals surface area (Å²) in [4.78, 5) is 3.79. The number of furan rings is 1. The van der Waals surface area contributed by atoms with E-state index in [1.165, 1.54) is 12.5 Å². The summed E-state index contributed by atoms with van der Waals surface area (Å²) in [5.74, 6) is 0.459. The van der Waals surface area contributed by atoms with Gasteiger partial charge in [0.05, 0.1) is 17.9 Å². The zero-order valence-electron chi connectivity index (χ0n) is 10.5. The summed E-state index contributed by atoms with van der Waals surface area (Å²) in [5.41, 5.74) is 0.129. The van der Waals surface area contributed by atoms with Crippen LogP contribution in [0, 0.1) is 6.92 Å². The van der Waals surface area contributed by atoms with Gasteiger partial charge in [0.25, 0.3) is 0 Å². The van der Waals surface area contributed by atoms with Gasteiger partial charge in [0, 0.05) is 18.0 Å². The molecule has 0 aromatic carbocycles. The predicted molar refractivity (Wildman–Crippen MR) is 63.6 cm³/mol. The normalized spacial score (nSPS) is 13.5. The van der Waals surface area contributed by atoms with Crippen LogP contribution < -0.4 is 5.32 Å². The Morgan fingerprint density at radius 3 is 2.58 bits per heavy atom. The van der Waals surface area contributed by atoms with Crippen LogP contribution in [0.15, 0.2) is 35.2 Å². The molecular formula is C13H13F3N2O. The SMILES string of the molecule is CNC(c1cnccc1C(F)(F)F)c1occc1C. The van der Waals surface area contributed by atoms with Crippen LogP contribution in [0.25, 0.3) is 0 Å². The lowest BCUT2D eigenvalue weighted by Gasteiger charge is -2.19. The van der Waals surface area contributed by atoms with Gasteiger partial charge in [-0.2, -0.15) is 13.2 Å². The number of rotatable bonds is 3. The summed E-state index contributed by atoms with van der Waals surface area (Å²) in [6.45, 7) is 1.78. The lowest BCUT2D eigenvalue weighted by atomic mass is 9.99. The number of hydrogen-bond acceptors (Lipinski definition) is 3. The Bertz CT molecular complexity index is 563. The lowest BCUT2D eigenvalue weighted by molar-refractivity contribution is -0.138. The van der Waals surface area contributed by atoms with Crippen LogP contribution in [-0.4, -0.2) is 12.0 Å². The standard InChI is InChI=1S/C13H13F3N2O/c1-8-4-6-19-12(8)11(17-2)9-7-18-5-3-10(9)13(14,15)16/h3-7,11,17H,1-2H3. The van der Waals surface area contributed by atoms with Crippen molar-refractivity contribution >= 4 is 0 Å². The fourth-order valence-corrected chi connectivity index (χ4v) is 2.00. The maximum Gasteiger partial charge on any atom is 0.416 e. The number of aryl methyl sites for hydroxylation is 1. The van der Waals surface area contributed by atoms with E-state index in [9.17, 15) is 13.2 Å². The van der Waals surface area contributed by atoms with Crippen molar-refractivity contribution in [1.82, 2.24) is 10.3 Å². The van der Waals surface area contributed by atoms with Crippen molar-refractivity contribution in [2.75, 3.05) is 7.05 Å². The first-order chi connectivity index (χ1) is 8.95. The average Bonchev–Trinajstić information content (AvgIpc) is 2.76. The number of aromatic nitrogens is 1. The zero-order chi connectivity index (χ0) is 14.0. The van der Waals surface area contributed by atoms with Crippen molar-refractivity contribution in [2.24, 2.45) is 0 Å². The summed E-state index contributed by atoms with van der Waals surface area (Å²) in [6.07, 6.45) is -0.619. The number of nitrogens with zero attached hydrogens (tertiary/aromatic N) is 1. The number of alkyl halides is 3. The Hall–Kier alpha value is -1.82. The van der Waals surface area contributed by atoms with Crippen molar-refractivity contribution in [3.63, 3.8) is 0 Å². The van der Waals surface area contributed by atoms with E-state index >= 15 is 0 Å². The van der Waals surface area contributed by atoms with Gasteiger partial charge in [-0.3, -0.25) is 4.98 Å². The smallest absolute Gasteiger partial charge is 0.416 e. The zero-order valence-corrected chi connectivity index (χ0v) is 10.5. The Labute approximate surface area is 108 Å². The highest BCUT2D eigenvalue weighted by Gasteiger charge is 2.36. The third-order valence-electron chi connectivity index (χ3n) is 2.92. The first-order valence-electron chi connectivity index (χ1n) is 5.67. The molecule has 0 amide bonds.